The van der Waals surface area contributed by atoms with E-state index in [1.165, 1.54) is 6.21 Å². The van der Waals surface area contributed by atoms with Crippen molar-refractivity contribution >= 4 is 12.2 Å². The monoisotopic (exact) mass is 111 g/mol. The van der Waals surface area contributed by atoms with E-state index in [4.69, 9.17) is 15.3 Å². The van der Waals surface area contributed by atoms with Crippen LogP contribution in [0.1, 0.15) is 0 Å². The Bertz CT molecular complexity index is 62.6. The Hall–Kier alpha value is 0.776. The van der Waals surface area contributed by atoms with Gasteiger partial charge >= 0.3 is 51.4 Å². The summed E-state index contributed by atoms with van der Waals surface area (Å²) in [6.07, 6.45) is 1.19. The standard InChI is InChI=1S/C2H2NO2.K/c3-1-2(4)5;/h3H,(H,4,5);/q-1;+1. The van der Waals surface area contributed by atoms with Crippen molar-refractivity contribution in [2.75, 3.05) is 0 Å². The second-order valence-corrected chi connectivity index (χ2v) is 0.430. The molecule has 0 rings (SSSR count). The maximum Gasteiger partial charge on any atom is 1.00 e. The van der Waals surface area contributed by atoms with Crippen LogP contribution >= 0.6 is 0 Å². The molecule has 0 saturated heterocycles. The molecule has 0 heterocycles. The van der Waals surface area contributed by atoms with Crippen LogP contribution in [-0.4, -0.2) is 17.3 Å². The van der Waals surface area contributed by atoms with Gasteiger partial charge in [0.25, 0.3) is 0 Å². The molecule has 0 unspecified atom stereocenters. The predicted molar refractivity (Wildman–Crippen MR) is 15.4 cm³/mol. The average Bonchev–Trinajstić information content (AvgIpc) is 1.38. The van der Waals surface area contributed by atoms with Crippen molar-refractivity contribution in [2.45, 2.75) is 0 Å². The fourth-order valence-corrected chi connectivity index (χ4v) is 0. The van der Waals surface area contributed by atoms with Gasteiger partial charge in [-0.25, -0.2) is 0 Å². The molecule has 3 nitrogen and oxygen atoms in total. The first-order valence-corrected chi connectivity index (χ1v) is 0.928. The van der Waals surface area contributed by atoms with E-state index in [1.54, 1.807) is 0 Å². The molecule has 0 amide bonds. The van der Waals surface area contributed by atoms with Crippen molar-refractivity contribution in [3.8, 4) is 0 Å². The van der Waals surface area contributed by atoms with E-state index in [2.05, 4.69) is 0 Å². The minimum atomic E-state index is -1.33. The number of hydrogen-bond donors (Lipinski definition) is 2. The van der Waals surface area contributed by atoms with E-state index in [1.807, 2.05) is 0 Å². The third-order valence-corrected chi connectivity index (χ3v) is 0.107. The second-order valence-electron chi connectivity index (χ2n) is 0.430. The maximum absolute atomic E-state index is 9.07. The summed E-state index contributed by atoms with van der Waals surface area (Å²) in [5.74, 6) is -1.33. The number of carboxylic acid groups (broad SMARTS) is 1. The van der Waals surface area contributed by atoms with Crippen LogP contribution in [0.2, 0.25) is 0 Å². The van der Waals surface area contributed by atoms with Crippen LogP contribution in [0.5, 0.6) is 0 Å². The number of aliphatic carboxylic acids is 1. The van der Waals surface area contributed by atoms with Gasteiger partial charge in [-0.2, -0.15) is 0 Å². The van der Waals surface area contributed by atoms with Crippen molar-refractivity contribution in [1.82, 2.24) is 0 Å². The zero-order chi connectivity index (χ0) is 4.28. The van der Waals surface area contributed by atoms with Gasteiger partial charge in [-0.15, -0.1) is 0 Å². The van der Waals surface area contributed by atoms with Gasteiger partial charge < -0.3 is 10.5 Å². The van der Waals surface area contributed by atoms with E-state index in [-0.39, 0.29) is 51.4 Å². The van der Waals surface area contributed by atoms with Crippen molar-refractivity contribution in [1.29, 1.82) is 5.41 Å². The zero-order valence-electron chi connectivity index (χ0n) is 3.36. The number of rotatable bonds is 1. The Morgan fingerprint density at radius 2 is 2.00 bits per heavy atom. The van der Waals surface area contributed by atoms with Gasteiger partial charge in [0, 0.05) is 0 Å². The molecule has 0 saturated carbocycles. The Balaban J connectivity index is 0. The first-order valence-electron chi connectivity index (χ1n) is 0.928. The van der Waals surface area contributed by atoms with E-state index in [0.717, 1.165) is 0 Å². The predicted octanol–water partition coefficient (Wildman–Crippen LogP) is -3.40. The van der Waals surface area contributed by atoms with Gasteiger partial charge in [-0.05, 0) is 0 Å². The van der Waals surface area contributed by atoms with Crippen LogP contribution in [0.15, 0.2) is 0 Å². The van der Waals surface area contributed by atoms with Gasteiger partial charge in [0.05, 0.1) is 0 Å². The number of carboxylic acids is 1. The molecule has 0 aliphatic heterocycles. The first-order chi connectivity index (χ1) is 2.27. The molecule has 0 aromatic rings. The molecule has 0 bridgehead atoms. The molecule has 0 atom stereocenters. The molecule has 0 spiro atoms. The fourth-order valence-electron chi connectivity index (χ4n) is 0. The van der Waals surface area contributed by atoms with Crippen molar-refractivity contribution in [3.05, 3.63) is 0 Å². The molecule has 4 heteroatoms. The third kappa shape index (κ3) is 8.84. The Kier molecular flexibility index (Phi) is 9.54. The van der Waals surface area contributed by atoms with E-state index in [9.17, 15) is 0 Å². The van der Waals surface area contributed by atoms with Crippen LogP contribution in [0.25, 0.3) is 0 Å². The summed E-state index contributed by atoms with van der Waals surface area (Å²) in [6.45, 7) is 0. The molecular formula is C2H2KNO2. The number of hydrogen-bond acceptors (Lipinski definition) is 2. The Morgan fingerprint density at radius 3 is 2.00 bits per heavy atom. The number of carbonyl (C=O) groups is 1. The fraction of sp³-hybridized carbons (Fsp3) is 0. The normalized spacial score (nSPS) is 5.33. The van der Waals surface area contributed by atoms with Gasteiger partial charge in [-0.1, -0.05) is 0 Å². The van der Waals surface area contributed by atoms with Gasteiger partial charge in [-0.3, -0.25) is 11.0 Å². The van der Waals surface area contributed by atoms with Crippen molar-refractivity contribution in [2.24, 2.45) is 0 Å². The van der Waals surface area contributed by atoms with Crippen LogP contribution in [0.4, 0.5) is 0 Å². The Labute approximate surface area is 77.7 Å². The summed E-state index contributed by atoms with van der Waals surface area (Å²) in [4.78, 5) is 9.07. The van der Waals surface area contributed by atoms with Gasteiger partial charge in [0.2, 0.25) is 0 Å². The summed E-state index contributed by atoms with van der Waals surface area (Å²) >= 11 is 0. The van der Waals surface area contributed by atoms with Crippen molar-refractivity contribution in [3.63, 3.8) is 0 Å². The van der Waals surface area contributed by atoms with Crippen molar-refractivity contribution < 1.29 is 61.3 Å². The van der Waals surface area contributed by atoms with Crippen LogP contribution in [-0.2, 0) is 4.79 Å². The Morgan fingerprint density at radius 1 is 1.83 bits per heavy atom. The summed E-state index contributed by atoms with van der Waals surface area (Å²) in [7, 11) is 0. The third-order valence-electron chi connectivity index (χ3n) is 0.107. The molecule has 28 valence electrons. The molecule has 0 aromatic carbocycles. The van der Waals surface area contributed by atoms with Gasteiger partial charge in [0.15, 0.2) is 5.97 Å². The zero-order valence-corrected chi connectivity index (χ0v) is 6.48. The van der Waals surface area contributed by atoms with Gasteiger partial charge in [0.1, 0.15) is 0 Å². The molecule has 0 radical (unpaired) electrons. The summed E-state index contributed by atoms with van der Waals surface area (Å²) in [6, 6.07) is 0. The molecule has 2 N–H and O–H groups in total. The average molecular weight is 111 g/mol. The number of nitrogens with one attached hydrogen (secondary N) is 1. The SMILES string of the molecule is N=[C-]C(=O)O.[K+]. The first kappa shape index (κ1) is 9.91. The molecular weight excluding hydrogens is 109 g/mol. The quantitative estimate of drug-likeness (QED) is 0.210. The largest absolute Gasteiger partial charge is 1.00 e. The minimum Gasteiger partial charge on any atom is -0.508 e. The smallest absolute Gasteiger partial charge is 0.508 e. The summed E-state index contributed by atoms with van der Waals surface area (Å²) in [5, 5.41) is 13.2. The maximum atomic E-state index is 9.07. The van der Waals surface area contributed by atoms with E-state index in [0.29, 0.717) is 0 Å². The van der Waals surface area contributed by atoms with Crippen LogP contribution in [0.3, 0.4) is 0 Å². The van der Waals surface area contributed by atoms with E-state index < -0.39 is 5.97 Å². The topological polar surface area (TPSA) is 61.2 Å². The molecule has 6 heavy (non-hydrogen) atoms. The second kappa shape index (κ2) is 5.78. The summed E-state index contributed by atoms with van der Waals surface area (Å²) < 4.78 is 0. The minimum absolute atomic E-state index is 0. The van der Waals surface area contributed by atoms with Crippen LogP contribution in [0, 0.1) is 5.41 Å². The van der Waals surface area contributed by atoms with E-state index >= 15 is 0 Å². The molecule has 0 aliphatic carbocycles. The molecule has 0 aliphatic rings. The molecule has 0 fully saturated rings. The van der Waals surface area contributed by atoms with Crippen LogP contribution < -0.4 is 51.4 Å². The molecule has 0 aromatic heterocycles. The summed E-state index contributed by atoms with van der Waals surface area (Å²) in [5.41, 5.74) is 0.